The van der Waals surface area contributed by atoms with E-state index in [4.69, 9.17) is 16.7 Å². The van der Waals surface area contributed by atoms with Crippen LogP contribution in [0.4, 0.5) is 4.79 Å². The number of hydrogen-bond donors (Lipinski definition) is 2. The van der Waals surface area contributed by atoms with Gasteiger partial charge in [0.2, 0.25) is 0 Å². The fourth-order valence-corrected chi connectivity index (χ4v) is 2.81. The number of aliphatic carboxylic acids is 1. The predicted octanol–water partition coefficient (Wildman–Crippen LogP) is 2.78. The highest BCUT2D eigenvalue weighted by Gasteiger charge is 2.42. The van der Waals surface area contributed by atoms with Crippen LogP contribution in [-0.2, 0) is 11.2 Å². The van der Waals surface area contributed by atoms with Crippen molar-refractivity contribution in [2.24, 2.45) is 5.41 Å². The van der Waals surface area contributed by atoms with Crippen molar-refractivity contribution in [3.63, 3.8) is 0 Å². The van der Waals surface area contributed by atoms with Gasteiger partial charge in [-0.2, -0.15) is 0 Å². The number of carbonyl (C=O) groups excluding carboxylic acids is 1. The lowest BCUT2D eigenvalue weighted by Gasteiger charge is -2.20. The molecule has 1 saturated heterocycles. The Morgan fingerprint density at radius 3 is 2.86 bits per heavy atom. The van der Waals surface area contributed by atoms with Gasteiger partial charge >= 0.3 is 12.0 Å². The second kappa shape index (κ2) is 7.01. The maximum atomic E-state index is 12.0. The molecule has 0 spiro atoms. The Morgan fingerprint density at radius 2 is 2.23 bits per heavy atom. The average Bonchev–Trinajstić information content (AvgIpc) is 2.88. The summed E-state index contributed by atoms with van der Waals surface area (Å²) in [4.78, 5) is 24.8. The van der Waals surface area contributed by atoms with Crippen molar-refractivity contribution in [1.82, 2.24) is 10.2 Å². The molecule has 1 aliphatic rings. The maximum absolute atomic E-state index is 12.0. The zero-order valence-corrected chi connectivity index (χ0v) is 13.4. The number of carboxylic acids is 1. The molecule has 1 fully saturated rings. The Balaban J connectivity index is 1.71. The van der Waals surface area contributed by atoms with Crippen LogP contribution in [0.5, 0.6) is 0 Å². The van der Waals surface area contributed by atoms with E-state index in [1.165, 1.54) is 0 Å². The first-order valence-electron chi connectivity index (χ1n) is 7.41. The minimum atomic E-state index is -0.844. The number of benzene rings is 1. The first-order chi connectivity index (χ1) is 10.4. The third-order valence-corrected chi connectivity index (χ3v) is 4.32. The van der Waals surface area contributed by atoms with Crippen molar-refractivity contribution in [2.75, 3.05) is 19.6 Å². The van der Waals surface area contributed by atoms with Gasteiger partial charge < -0.3 is 15.3 Å². The summed E-state index contributed by atoms with van der Waals surface area (Å²) >= 11 is 5.92. The van der Waals surface area contributed by atoms with Crippen LogP contribution in [0, 0.1) is 5.41 Å². The van der Waals surface area contributed by atoms with Crippen LogP contribution in [0.2, 0.25) is 5.02 Å². The molecule has 2 amide bonds. The van der Waals surface area contributed by atoms with Crippen LogP contribution < -0.4 is 5.32 Å². The second-order valence-electron chi connectivity index (χ2n) is 6.00. The van der Waals surface area contributed by atoms with Gasteiger partial charge in [-0.1, -0.05) is 23.7 Å². The smallest absolute Gasteiger partial charge is 0.317 e. The van der Waals surface area contributed by atoms with Crippen LogP contribution in [0.25, 0.3) is 0 Å². The number of carbonyl (C=O) groups is 2. The molecule has 1 aliphatic heterocycles. The molecule has 2 rings (SSSR count). The number of halogens is 1. The number of carboxylic acid groups (broad SMARTS) is 1. The van der Waals surface area contributed by atoms with Gasteiger partial charge in [0.15, 0.2) is 0 Å². The maximum Gasteiger partial charge on any atom is 0.317 e. The topological polar surface area (TPSA) is 69.6 Å². The molecule has 2 N–H and O–H groups in total. The number of likely N-dealkylation sites (tertiary alicyclic amines) is 1. The van der Waals surface area contributed by atoms with E-state index in [9.17, 15) is 9.59 Å². The van der Waals surface area contributed by atoms with Crippen LogP contribution in [0.1, 0.15) is 25.3 Å². The van der Waals surface area contributed by atoms with Gasteiger partial charge in [0.05, 0.1) is 5.41 Å². The number of nitrogens with zero attached hydrogens (tertiary/aromatic N) is 1. The summed E-state index contributed by atoms with van der Waals surface area (Å²) < 4.78 is 0. The molecule has 0 radical (unpaired) electrons. The van der Waals surface area contributed by atoms with E-state index in [0.717, 1.165) is 18.4 Å². The van der Waals surface area contributed by atoms with E-state index in [2.05, 4.69) is 5.32 Å². The van der Waals surface area contributed by atoms with E-state index in [1.54, 1.807) is 11.8 Å². The number of urea groups is 1. The Hall–Kier alpha value is -1.75. The summed E-state index contributed by atoms with van der Waals surface area (Å²) in [5, 5.41) is 12.7. The van der Waals surface area contributed by atoms with Crippen LogP contribution in [-0.4, -0.2) is 41.6 Å². The van der Waals surface area contributed by atoms with Crippen LogP contribution in [0.15, 0.2) is 24.3 Å². The third-order valence-electron chi connectivity index (χ3n) is 4.08. The van der Waals surface area contributed by atoms with Crippen molar-refractivity contribution in [2.45, 2.75) is 26.2 Å². The van der Waals surface area contributed by atoms with Gasteiger partial charge in [-0.15, -0.1) is 0 Å². The zero-order valence-electron chi connectivity index (χ0n) is 12.6. The lowest BCUT2D eigenvalue weighted by atomic mass is 9.90. The van der Waals surface area contributed by atoms with Crippen LogP contribution >= 0.6 is 11.6 Å². The summed E-state index contributed by atoms with van der Waals surface area (Å²) in [7, 11) is 0. The summed E-state index contributed by atoms with van der Waals surface area (Å²) in [5.74, 6) is -0.844. The fraction of sp³-hybridized carbons (Fsp3) is 0.500. The van der Waals surface area contributed by atoms with Crippen LogP contribution in [0.3, 0.4) is 0 Å². The molecule has 0 bridgehead atoms. The molecule has 120 valence electrons. The lowest BCUT2D eigenvalue weighted by Crippen LogP contribution is -2.41. The fourth-order valence-electron chi connectivity index (χ4n) is 2.60. The zero-order chi connectivity index (χ0) is 16.2. The third kappa shape index (κ3) is 4.13. The van der Waals surface area contributed by atoms with Gasteiger partial charge in [0, 0.05) is 24.7 Å². The molecular weight excluding hydrogens is 304 g/mol. The molecule has 1 aromatic rings. The average molecular weight is 325 g/mol. The number of hydrogen-bond acceptors (Lipinski definition) is 2. The van der Waals surface area contributed by atoms with E-state index >= 15 is 0 Å². The standard InChI is InChI=1S/C16H21ClN2O3/c1-16(14(20)21)7-9-19(11-16)15(22)18-8-3-5-12-4-2-6-13(17)10-12/h2,4,6,10H,3,5,7-9,11H2,1H3,(H,18,22)(H,20,21). The molecule has 1 unspecified atom stereocenters. The number of rotatable bonds is 5. The number of amides is 2. The molecule has 22 heavy (non-hydrogen) atoms. The molecule has 6 heteroatoms. The molecule has 5 nitrogen and oxygen atoms in total. The Labute approximate surface area is 135 Å². The highest BCUT2D eigenvalue weighted by atomic mass is 35.5. The number of aryl methyl sites for hydroxylation is 1. The molecule has 0 aliphatic carbocycles. The lowest BCUT2D eigenvalue weighted by molar-refractivity contribution is -0.146. The monoisotopic (exact) mass is 324 g/mol. The Kier molecular flexibility index (Phi) is 5.29. The summed E-state index contributed by atoms with van der Waals surface area (Å²) in [6, 6.07) is 7.48. The SMILES string of the molecule is CC1(C(=O)O)CCN(C(=O)NCCCc2cccc(Cl)c2)C1. The van der Waals surface area contributed by atoms with Gasteiger partial charge in [-0.3, -0.25) is 4.79 Å². The molecule has 1 atom stereocenters. The summed E-state index contributed by atoms with van der Waals surface area (Å²) in [6.45, 7) is 3.00. The van der Waals surface area contributed by atoms with E-state index in [-0.39, 0.29) is 12.6 Å². The van der Waals surface area contributed by atoms with Crippen molar-refractivity contribution in [3.8, 4) is 0 Å². The Bertz CT molecular complexity index is 564. The molecule has 0 saturated carbocycles. The molecule has 0 aromatic heterocycles. The Morgan fingerprint density at radius 1 is 1.45 bits per heavy atom. The minimum absolute atomic E-state index is 0.184. The van der Waals surface area contributed by atoms with Crippen molar-refractivity contribution in [1.29, 1.82) is 0 Å². The summed E-state index contributed by atoms with van der Waals surface area (Å²) in [5.41, 5.74) is 0.319. The normalized spacial score (nSPS) is 20.9. The van der Waals surface area contributed by atoms with E-state index < -0.39 is 11.4 Å². The largest absolute Gasteiger partial charge is 0.481 e. The highest BCUT2D eigenvalue weighted by molar-refractivity contribution is 6.30. The molecule has 1 heterocycles. The first-order valence-corrected chi connectivity index (χ1v) is 7.79. The van der Waals surface area contributed by atoms with E-state index in [0.29, 0.717) is 24.5 Å². The minimum Gasteiger partial charge on any atom is -0.481 e. The quantitative estimate of drug-likeness (QED) is 0.818. The molecule has 1 aromatic carbocycles. The van der Waals surface area contributed by atoms with Gasteiger partial charge in [0.25, 0.3) is 0 Å². The van der Waals surface area contributed by atoms with Gasteiger partial charge in [-0.05, 0) is 43.9 Å². The number of nitrogens with one attached hydrogen (secondary N) is 1. The second-order valence-corrected chi connectivity index (χ2v) is 6.44. The van der Waals surface area contributed by atoms with Gasteiger partial charge in [0.1, 0.15) is 0 Å². The van der Waals surface area contributed by atoms with Crippen molar-refractivity contribution >= 4 is 23.6 Å². The highest BCUT2D eigenvalue weighted by Crippen LogP contribution is 2.29. The van der Waals surface area contributed by atoms with Gasteiger partial charge in [-0.25, -0.2) is 4.79 Å². The first kappa shape index (κ1) is 16.6. The summed E-state index contributed by atoms with van der Waals surface area (Å²) in [6.07, 6.45) is 2.15. The van der Waals surface area contributed by atoms with E-state index in [1.807, 2.05) is 24.3 Å². The predicted molar refractivity (Wildman–Crippen MR) is 85.1 cm³/mol. The molecular formula is C16H21ClN2O3. The van der Waals surface area contributed by atoms with Crippen molar-refractivity contribution < 1.29 is 14.7 Å². The van der Waals surface area contributed by atoms with Crippen molar-refractivity contribution in [3.05, 3.63) is 34.9 Å².